The number of amides is 1. The molecule has 1 amide bonds. The van der Waals surface area contributed by atoms with Crippen LogP contribution in [0.4, 0.5) is 0 Å². The molecule has 0 radical (unpaired) electrons. The molecule has 1 aromatic carbocycles. The monoisotopic (exact) mass is 448 g/mol. The second kappa shape index (κ2) is 13.9. The summed E-state index contributed by atoms with van der Waals surface area (Å²) in [6.45, 7) is 5.85. The summed E-state index contributed by atoms with van der Waals surface area (Å²) in [6.07, 6.45) is 1.29. The molecule has 0 aliphatic rings. The Balaban J connectivity index is 0.00000529. The van der Waals surface area contributed by atoms with Crippen molar-refractivity contribution in [2.24, 2.45) is 4.99 Å². The number of nitrogens with zero attached hydrogens (tertiary/aromatic N) is 1. The van der Waals surface area contributed by atoms with E-state index in [-0.39, 0.29) is 35.9 Å². The van der Waals surface area contributed by atoms with Gasteiger partial charge in [0, 0.05) is 32.6 Å². The summed E-state index contributed by atoms with van der Waals surface area (Å²) < 4.78 is 5.62. The van der Waals surface area contributed by atoms with Crippen molar-refractivity contribution in [3.8, 4) is 5.75 Å². The highest BCUT2D eigenvalue weighted by atomic mass is 127. The number of hydrogen-bond donors (Lipinski definition) is 3. The highest BCUT2D eigenvalue weighted by Crippen LogP contribution is 2.07. The lowest BCUT2D eigenvalue weighted by Gasteiger charge is -2.13. The van der Waals surface area contributed by atoms with Crippen LogP contribution in [0.25, 0.3) is 0 Å². The maximum absolute atomic E-state index is 11.5. The van der Waals surface area contributed by atoms with Gasteiger partial charge in [0.05, 0.1) is 6.61 Å². The predicted octanol–water partition coefficient (Wildman–Crippen LogP) is 2.15. The number of carbonyl (C=O) groups excluding carboxylic acids is 1. The predicted molar refractivity (Wildman–Crippen MR) is 109 cm³/mol. The van der Waals surface area contributed by atoms with Gasteiger partial charge in [0.25, 0.3) is 0 Å². The van der Waals surface area contributed by atoms with Crippen LogP contribution >= 0.6 is 24.0 Å². The molecule has 0 spiro atoms. The molecule has 0 aromatic heterocycles. The Morgan fingerprint density at radius 3 is 2.46 bits per heavy atom. The number of guanidine groups is 1. The number of hydrogen-bond acceptors (Lipinski definition) is 3. The number of aliphatic imine (C=N–C) groups is 1. The molecule has 0 aliphatic heterocycles. The van der Waals surface area contributed by atoms with Gasteiger partial charge in [-0.3, -0.25) is 9.79 Å². The van der Waals surface area contributed by atoms with E-state index in [1.807, 2.05) is 44.2 Å². The van der Waals surface area contributed by atoms with Crippen molar-refractivity contribution < 1.29 is 9.53 Å². The van der Waals surface area contributed by atoms with Crippen LogP contribution in [-0.4, -0.2) is 44.7 Å². The van der Waals surface area contributed by atoms with E-state index < -0.39 is 0 Å². The smallest absolute Gasteiger partial charge is 0.221 e. The quantitative estimate of drug-likeness (QED) is 0.234. The third-order valence-corrected chi connectivity index (χ3v) is 2.94. The molecule has 136 valence electrons. The number of benzene rings is 1. The first-order valence-electron chi connectivity index (χ1n) is 8.03. The van der Waals surface area contributed by atoms with Crippen LogP contribution in [0.1, 0.15) is 26.7 Å². The second-order valence-corrected chi connectivity index (χ2v) is 5.41. The summed E-state index contributed by atoms with van der Waals surface area (Å²) in [5.74, 6) is 1.62. The molecule has 0 saturated carbocycles. The van der Waals surface area contributed by atoms with Gasteiger partial charge in [-0.2, -0.15) is 0 Å². The summed E-state index contributed by atoms with van der Waals surface area (Å²) in [5.41, 5.74) is 0. The molecule has 24 heavy (non-hydrogen) atoms. The third-order valence-electron chi connectivity index (χ3n) is 2.94. The van der Waals surface area contributed by atoms with Crippen molar-refractivity contribution >= 4 is 35.8 Å². The summed E-state index contributed by atoms with van der Waals surface area (Å²) in [6, 6.07) is 9.92. The lowest BCUT2D eigenvalue weighted by atomic mass is 10.3. The van der Waals surface area contributed by atoms with Gasteiger partial charge in [-0.25, -0.2) is 0 Å². The zero-order valence-electron chi connectivity index (χ0n) is 14.7. The Kier molecular flexibility index (Phi) is 13.0. The number of nitrogens with one attached hydrogen (secondary N) is 3. The molecule has 0 saturated heterocycles. The number of rotatable bonds is 9. The SMILES string of the molecule is CN=C(NCCCOc1ccccc1)NCCC(=O)NC(C)C.I. The molecular weight excluding hydrogens is 419 g/mol. The van der Waals surface area contributed by atoms with E-state index in [0.29, 0.717) is 25.5 Å². The van der Waals surface area contributed by atoms with E-state index in [0.717, 1.165) is 18.7 Å². The Labute approximate surface area is 161 Å². The van der Waals surface area contributed by atoms with Crippen LogP contribution in [-0.2, 0) is 4.79 Å². The van der Waals surface area contributed by atoms with Crippen LogP contribution in [0.5, 0.6) is 5.75 Å². The van der Waals surface area contributed by atoms with Crippen molar-refractivity contribution in [2.45, 2.75) is 32.7 Å². The number of carbonyl (C=O) groups is 1. The van der Waals surface area contributed by atoms with Crippen LogP contribution in [0.2, 0.25) is 0 Å². The van der Waals surface area contributed by atoms with Gasteiger partial charge in [0.1, 0.15) is 5.75 Å². The normalized spacial score (nSPS) is 10.8. The topological polar surface area (TPSA) is 74.8 Å². The minimum atomic E-state index is 0. The molecule has 0 atom stereocenters. The fourth-order valence-electron chi connectivity index (χ4n) is 1.89. The van der Waals surface area contributed by atoms with Crippen molar-refractivity contribution in [1.82, 2.24) is 16.0 Å². The average molecular weight is 448 g/mol. The lowest BCUT2D eigenvalue weighted by molar-refractivity contribution is -0.121. The molecule has 0 heterocycles. The van der Waals surface area contributed by atoms with Crippen LogP contribution < -0.4 is 20.7 Å². The first-order chi connectivity index (χ1) is 11.1. The average Bonchev–Trinajstić information content (AvgIpc) is 2.53. The number of para-hydroxylation sites is 1. The van der Waals surface area contributed by atoms with Crippen molar-refractivity contribution in [1.29, 1.82) is 0 Å². The van der Waals surface area contributed by atoms with Gasteiger partial charge >= 0.3 is 0 Å². The van der Waals surface area contributed by atoms with E-state index in [1.54, 1.807) is 7.05 Å². The molecule has 0 unspecified atom stereocenters. The third kappa shape index (κ3) is 11.1. The summed E-state index contributed by atoms with van der Waals surface area (Å²) in [5, 5.41) is 9.17. The zero-order chi connectivity index (χ0) is 16.9. The van der Waals surface area contributed by atoms with Gasteiger partial charge < -0.3 is 20.7 Å². The highest BCUT2D eigenvalue weighted by Gasteiger charge is 2.03. The molecule has 1 aromatic rings. The van der Waals surface area contributed by atoms with Crippen LogP contribution in [0, 0.1) is 0 Å². The van der Waals surface area contributed by atoms with E-state index in [4.69, 9.17) is 4.74 Å². The van der Waals surface area contributed by atoms with Crippen molar-refractivity contribution in [2.75, 3.05) is 26.7 Å². The van der Waals surface area contributed by atoms with Gasteiger partial charge in [0.15, 0.2) is 5.96 Å². The van der Waals surface area contributed by atoms with E-state index in [2.05, 4.69) is 20.9 Å². The number of halogens is 1. The Bertz CT molecular complexity index is 481. The van der Waals surface area contributed by atoms with E-state index >= 15 is 0 Å². The zero-order valence-corrected chi connectivity index (χ0v) is 17.0. The molecule has 0 bridgehead atoms. The Morgan fingerprint density at radius 1 is 1.17 bits per heavy atom. The molecule has 0 aliphatic carbocycles. The Morgan fingerprint density at radius 2 is 1.83 bits per heavy atom. The summed E-state index contributed by atoms with van der Waals surface area (Å²) >= 11 is 0. The fourth-order valence-corrected chi connectivity index (χ4v) is 1.89. The molecular formula is C17H29IN4O2. The van der Waals surface area contributed by atoms with Gasteiger partial charge in [0.2, 0.25) is 5.91 Å². The van der Waals surface area contributed by atoms with Crippen LogP contribution in [0.3, 0.4) is 0 Å². The van der Waals surface area contributed by atoms with Crippen LogP contribution in [0.15, 0.2) is 35.3 Å². The van der Waals surface area contributed by atoms with Gasteiger partial charge in [-0.05, 0) is 32.4 Å². The molecule has 7 heteroatoms. The molecule has 0 fully saturated rings. The first-order valence-corrected chi connectivity index (χ1v) is 8.03. The van der Waals surface area contributed by atoms with E-state index in [1.165, 1.54) is 0 Å². The second-order valence-electron chi connectivity index (χ2n) is 5.41. The first kappa shape index (κ1) is 22.5. The fraction of sp³-hybridized carbons (Fsp3) is 0.529. The maximum atomic E-state index is 11.5. The molecule has 1 rings (SSSR count). The highest BCUT2D eigenvalue weighted by molar-refractivity contribution is 14.0. The van der Waals surface area contributed by atoms with Crippen molar-refractivity contribution in [3.63, 3.8) is 0 Å². The Hall–Kier alpha value is -1.51. The summed E-state index contributed by atoms with van der Waals surface area (Å²) in [7, 11) is 1.71. The van der Waals surface area contributed by atoms with Gasteiger partial charge in [-0.15, -0.1) is 24.0 Å². The maximum Gasteiger partial charge on any atom is 0.221 e. The minimum Gasteiger partial charge on any atom is -0.494 e. The summed E-state index contributed by atoms with van der Waals surface area (Å²) in [4.78, 5) is 15.7. The molecule has 6 nitrogen and oxygen atoms in total. The molecule has 3 N–H and O–H groups in total. The number of ether oxygens (including phenoxy) is 1. The van der Waals surface area contributed by atoms with Gasteiger partial charge in [-0.1, -0.05) is 18.2 Å². The minimum absolute atomic E-state index is 0. The van der Waals surface area contributed by atoms with Crippen molar-refractivity contribution in [3.05, 3.63) is 30.3 Å². The largest absolute Gasteiger partial charge is 0.494 e. The lowest BCUT2D eigenvalue weighted by Crippen LogP contribution is -2.40. The standard InChI is InChI=1S/C17H28N4O2.HI/c1-14(2)21-16(22)10-12-20-17(18-3)19-11-7-13-23-15-8-5-4-6-9-15;/h4-6,8-9,14H,7,10-13H2,1-3H3,(H,21,22)(H2,18,19,20);1H. The van der Waals surface area contributed by atoms with E-state index in [9.17, 15) is 4.79 Å².